The second kappa shape index (κ2) is 5.39. The molecular weight excluding hydrogens is 324 g/mol. The van der Waals surface area contributed by atoms with Crippen molar-refractivity contribution in [2.24, 2.45) is 23.7 Å². The summed E-state index contributed by atoms with van der Waals surface area (Å²) in [7, 11) is 0. The summed E-state index contributed by atoms with van der Waals surface area (Å²) >= 11 is 0. The zero-order chi connectivity index (χ0) is 18.2. The van der Waals surface area contributed by atoms with Crippen LogP contribution in [0.5, 0.6) is 0 Å². The Kier molecular flexibility index (Phi) is 3.14. The maximum Gasteiger partial charge on any atom is 0.0272 e. The lowest BCUT2D eigenvalue weighted by Gasteiger charge is -2.61. The highest BCUT2D eigenvalue weighted by Crippen LogP contribution is 2.69. The minimum absolute atomic E-state index is 0.276. The number of benzene rings is 2. The molecule has 2 aromatic rings. The molecule has 5 aliphatic rings. The highest BCUT2D eigenvalue weighted by molar-refractivity contribution is 5.84. The molecule has 2 aromatic carbocycles. The van der Waals surface area contributed by atoms with Gasteiger partial charge in [0.05, 0.1) is 0 Å². The Bertz CT molecular complexity index is 985. The molecule has 0 N–H and O–H groups in total. The summed E-state index contributed by atoms with van der Waals surface area (Å²) in [6.07, 6.45) is 16.7. The van der Waals surface area contributed by atoms with Crippen LogP contribution < -0.4 is 0 Å². The van der Waals surface area contributed by atoms with Crippen molar-refractivity contribution in [3.63, 3.8) is 0 Å². The van der Waals surface area contributed by atoms with Gasteiger partial charge in [-0.15, -0.1) is 6.42 Å². The van der Waals surface area contributed by atoms with E-state index in [9.17, 15) is 0 Å². The van der Waals surface area contributed by atoms with Gasteiger partial charge < -0.3 is 0 Å². The molecule has 0 aromatic heterocycles. The van der Waals surface area contributed by atoms with Crippen LogP contribution in [0, 0.1) is 42.9 Å². The lowest BCUT2D eigenvalue weighted by molar-refractivity contribution is -0.0399. The molecule has 0 heterocycles. The number of fused-ring (bicyclic) bond motifs is 3. The molecule has 27 heavy (non-hydrogen) atoms. The monoisotopic (exact) mass is 350 g/mol. The van der Waals surface area contributed by atoms with Crippen LogP contribution in [0.3, 0.4) is 0 Å². The molecule has 134 valence electrons. The number of terminal acetylenes is 1. The average molecular weight is 351 g/mol. The van der Waals surface area contributed by atoms with Gasteiger partial charge in [-0.3, -0.25) is 0 Å². The van der Waals surface area contributed by atoms with Crippen molar-refractivity contribution in [1.82, 2.24) is 0 Å². The fourth-order valence-electron chi connectivity index (χ4n) is 7.64. The largest absolute Gasteiger partial charge is 0.115 e. The topological polar surface area (TPSA) is 0 Å². The Morgan fingerprint density at radius 1 is 0.926 bits per heavy atom. The van der Waals surface area contributed by atoms with Crippen LogP contribution in [0.1, 0.15) is 54.4 Å². The fraction of sp³-hybridized carbons (Fsp3) is 0.407. The van der Waals surface area contributed by atoms with Gasteiger partial charge in [0.25, 0.3) is 0 Å². The van der Waals surface area contributed by atoms with Crippen LogP contribution in [-0.2, 0) is 5.41 Å². The Morgan fingerprint density at radius 2 is 1.63 bits per heavy atom. The third kappa shape index (κ3) is 1.91. The maximum absolute atomic E-state index is 5.47. The van der Waals surface area contributed by atoms with Gasteiger partial charge in [-0.05, 0) is 114 Å². The Hall–Kier alpha value is -2.26. The molecule has 4 saturated carbocycles. The molecule has 4 bridgehead atoms. The van der Waals surface area contributed by atoms with Crippen molar-refractivity contribution in [3.8, 4) is 23.5 Å². The van der Waals surface area contributed by atoms with Crippen molar-refractivity contribution < 1.29 is 0 Å². The Balaban J connectivity index is 1.63. The third-order valence-corrected chi connectivity index (χ3v) is 8.30. The van der Waals surface area contributed by atoms with E-state index in [1.165, 1.54) is 54.4 Å². The second-order valence-electron chi connectivity index (χ2n) is 9.47. The first-order valence-electron chi connectivity index (χ1n) is 10.6. The van der Waals surface area contributed by atoms with E-state index in [2.05, 4.69) is 55.3 Å². The first-order valence-corrected chi connectivity index (χ1v) is 10.6. The van der Waals surface area contributed by atoms with Crippen LogP contribution in [0.4, 0.5) is 0 Å². The van der Waals surface area contributed by atoms with E-state index >= 15 is 0 Å². The van der Waals surface area contributed by atoms with E-state index < -0.39 is 0 Å². The fourth-order valence-corrected chi connectivity index (χ4v) is 7.64. The molecule has 1 spiro atoms. The van der Waals surface area contributed by atoms with E-state index in [4.69, 9.17) is 6.42 Å². The molecule has 0 nitrogen and oxygen atoms in total. The van der Waals surface area contributed by atoms with E-state index in [1.807, 2.05) is 6.08 Å². The van der Waals surface area contributed by atoms with Crippen LogP contribution in [0.15, 0.2) is 42.5 Å². The van der Waals surface area contributed by atoms with E-state index in [-0.39, 0.29) is 5.41 Å². The molecule has 0 amide bonds. The highest BCUT2D eigenvalue weighted by atomic mass is 14.6. The summed E-state index contributed by atoms with van der Waals surface area (Å²) in [4.78, 5) is 0. The van der Waals surface area contributed by atoms with E-state index in [0.29, 0.717) is 0 Å². The predicted molar refractivity (Wildman–Crippen MR) is 112 cm³/mol. The number of allylic oxidation sites excluding steroid dienone is 1. The normalized spacial score (nSPS) is 34.8. The van der Waals surface area contributed by atoms with Gasteiger partial charge in [0.15, 0.2) is 0 Å². The smallest absolute Gasteiger partial charge is 0.0272 e. The maximum atomic E-state index is 5.47. The van der Waals surface area contributed by atoms with Gasteiger partial charge in [-0.2, -0.15) is 0 Å². The Labute approximate surface area is 162 Å². The summed E-state index contributed by atoms with van der Waals surface area (Å²) in [5, 5.41) is 0. The second-order valence-corrected chi connectivity index (χ2v) is 9.47. The van der Waals surface area contributed by atoms with Crippen LogP contribution in [0.25, 0.3) is 17.2 Å². The minimum atomic E-state index is 0.276. The van der Waals surface area contributed by atoms with Crippen LogP contribution >= 0.6 is 0 Å². The van der Waals surface area contributed by atoms with Crippen molar-refractivity contribution >= 4 is 6.08 Å². The minimum Gasteiger partial charge on any atom is -0.115 e. The number of aryl methyl sites for hydroxylation is 1. The summed E-state index contributed by atoms with van der Waals surface area (Å²) < 4.78 is 0. The summed E-state index contributed by atoms with van der Waals surface area (Å²) in [6, 6.07) is 14.2. The van der Waals surface area contributed by atoms with Gasteiger partial charge in [0.1, 0.15) is 0 Å². The Morgan fingerprint density at radius 3 is 2.33 bits per heavy atom. The molecule has 0 heteroatoms. The SMILES string of the molecule is C#C/C=C\c1cc2c(cc1C)C1(c3ccccc3-2)C2CC3CC(C2)CC1C3. The van der Waals surface area contributed by atoms with Gasteiger partial charge in [-0.25, -0.2) is 0 Å². The number of hydrogen-bond acceptors (Lipinski definition) is 0. The van der Waals surface area contributed by atoms with Gasteiger partial charge in [0, 0.05) is 5.41 Å². The molecule has 5 aliphatic carbocycles. The molecule has 0 unspecified atom stereocenters. The zero-order valence-corrected chi connectivity index (χ0v) is 16.0. The van der Waals surface area contributed by atoms with Gasteiger partial charge in [-0.1, -0.05) is 36.3 Å². The molecule has 0 atom stereocenters. The predicted octanol–water partition coefficient (Wildman–Crippen LogP) is 6.36. The van der Waals surface area contributed by atoms with Crippen molar-refractivity contribution in [2.45, 2.75) is 44.4 Å². The quantitative estimate of drug-likeness (QED) is 0.525. The van der Waals surface area contributed by atoms with Gasteiger partial charge >= 0.3 is 0 Å². The molecular formula is C27H26. The first-order chi connectivity index (χ1) is 13.2. The van der Waals surface area contributed by atoms with Crippen LogP contribution in [0.2, 0.25) is 0 Å². The van der Waals surface area contributed by atoms with Crippen LogP contribution in [-0.4, -0.2) is 0 Å². The number of hydrogen-bond donors (Lipinski definition) is 0. The molecule has 0 aliphatic heterocycles. The van der Waals surface area contributed by atoms with Crippen molar-refractivity contribution in [3.05, 3.63) is 64.7 Å². The van der Waals surface area contributed by atoms with E-state index in [1.54, 1.807) is 11.1 Å². The highest BCUT2D eigenvalue weighted by Gasteiger charge is 2.61. The zero-order valence-electron chi connectivity index (χ0n) is 16.0. The molecule has 0 saturated heterocycles. The first kappa shape index (κ1) is 15.8. The molecule has 0 radical (unpaired) electrons. The standard InChI is InChI=1S/C27H26/c1-3-4-7-20-16-24-23-8-5-6-9-25(23)27(26(24)10-17(20)2)21-12-18-11-19(14-21)15-22(27)13-18/h1,4-10,16,18-19,21-22H,11-15H2,2H3/b7-4-. The lowest BCUT2D eigenvalue weighted by Crippen LogP contribution is -2.55. The van der Waals surface area contributed by atoms with E-state index in [0.717, 1.165) is 23.7 Å². The summed E-state index contributed by atoms with van der Waals surface area (Å²) in [6.45, 7) is 2.25. The van der Waals surface area contributed by atoms with Gasteiger partial charge in [0.2, 0.25) is 0 Å². The molecule has 4 fully saturated rings. The van der Waals surface area contributed by atoms with Crippen molar-refractivity contribution in [2.75, 3.05) is 0 Å². The number of rotatable bonds is 1. The molecule has 7 rings (SSSR count). The third-order valence-electron chi connectivity index (χ3n) is 8.30. The summed E-state index contributed by atoms with van der Waals surface area (Å²) in [5.41, 5.74) is 9.12. The van der Waals surface area contributed by atoms with Crippen molar-refractivity contribution in [1.29, 1.82) is 0 Å². The lowest BCUT2D eigenvalue weighted by atomic mass is 9.43. The average Bonchev–Trinajstić information content (AvgIpc) is 2.94. The summed E-state index contributed by atoms with van der Waals surface area (Å²) in [5.74, 6) is 6.31.